The van der Waals surface area contributed by atoms with Gasteiger partial charge in [-0.15, -0.1) is 0 Å². The fraction of sp³-hybridized carbons (Fsp3) is 0.778. The van der Waals surface area contributed by atoms with Gasteiger partial charge in [-0.25, -0.2) is 24.1 Å². The van der Waals surface area contributed by atoms with Gasteiger partial charge in [0.1, 0.15) is 30.2 Å². The van der Waals surface area contributed by atoms with Crippen LogP contribution in [0.1, 0.15) is 150 Å². The molecule has 2 saturated heterocycles. The highest BCUT2D eigenvalue weighted by molar-refractivity contribution is 7.45. The van der Waals surface area contributed by atoms with Gasteiger partial charge < -0.3 is 43.5 Å². The number of nitrogens with two attached hydrogens (primary N) is 1. The number of anilines is 1. The van der Waals surface area contributed by atoms with Crippen LogP contribution in [0, 0.1) is 5.92 Å². The Hall–Kier alpha value is -3.62. The number of rotatable bonds is 30. The molecule has 21 heteroatoms. The number of ether oxygens (including phenoxy) is 4. The summed E-state index contributed by atoms with van der Waals surface area (Å²) >= 11 is 0. The second kappa shape index (κ2) is 26.2. The molecule has 19 nitrogen and oxygen atoms in total. The summed E-state index contributed by atoms with van der Waals surface area (Å²) in [4.78, 5) is 69.1. The molecule has 3 aromatic heterocycles. The topological polar surface area (TPSA) is 240 Å². The summed E-state index contributed by atoms with van der Waals surface area (Å²) in [5, 5.41) is 0. The molecule has 372 valence electrons. The number of carbonyl (C=O) groups excluding carboxylic acids is 1. The largest absolute Gasteiger partial charge is 0.756 e. The molecular weight excluding hydrogens is 879 g/mol. The average molecular weight is 952 g/mol. The van der Waals surface area contributed by atoms with Gasteiger partial charge in [0.25, 0.3) is 13.4 Å². The van der Waals surface area contributed by atoms with Gasteiger partial charge in [0.05, 0.1) is 31.2 Å². The first kappa shape index (κ1) is 53.3. The summed E-state index contributed by atoms with van der Waals surface area (Å²) in [6.45, 7) is 9.01. The molecule has 66 heavy (non-hydrogen) atoms. The number of hydrogen-bond acceptors (Lipinski definition) is 15. The smallest absolute Gasteiger partial charge is 0.330 e. The molecule has 2 aliphatic heterocycles. The van der Waals surface area contributed by atoms with Crippen molar-refractivity contribution < 1.29 is 46.6 Å². The van der Waals surface area contributed by atoms with Gasteiger partial charge in [-0.05, 0) is 34.1 Å². The van der Waals surface area contributed by atoms with Crippen LogP contribution in [0.15, 0.2) is 34.5 Å². The van der Waals surface area contributed by atoms with Crippen LogP contribution in [0.25, 0.3) is 11.2 Å². The fourth-order valence-corrected chi connectivity index (χ4v) is 9.96. The van der Waals surface area contributed by atoms with Crippen LogP contribution in [0.3, 0.4) is 0 Å². The zero-order valence-electron chi connectivity index (χ0n) is 39.6. The number of nitrogens with zero attached hydrogens (tertiary/aromatic N) is 6. The molecule has 3 aromatic rings. The zero-order chi connectivity index (χ0) is 47.8. The lowest BCUT2D eigenvalue weighted by Crippen LogP contribution is -2.45. The molecule has 3 N–H and O–H groups in total. The van der Waals surface area contributed by atoms with E-state index in [1.165, 1.54) is 124 Å². The Labute approximate surface area is 387 Å². The van der Waals surface area contributed by atoms with Crippen LogP contribution in [0.4, 0.5) is 10.2 Å². The molecule has 0 aliphatic carbocycles. The Balaban J connectivity index is 1.34. The van der Waals surface area contributed by atoms with Gasteiger partial charge in [0, 0.05) is 44.8 Å². The van der Waals surface area contributed by atoms with Gasteiger partial charge in [-0.3, -0.25) is 28.3 Å². The van der Waals surface area contributed by atoms with Gasteiger partial charge in [0.2, 0.25) is 5.91 Å². The summed E-state index contributed by atoms with van der Waals surface area (Å²) in [5.74, 6) is -0.977. The van der Waals surface area contributed by atoms with E-state index < -0.39 is 74.1 Å². The van der Waals surface area contributed by atoms with E-state index in [1.54, 1.807) is 0 Å². The molecule has 0 aromatic carbocycles. The Bertz CT molecular complexity index is 2110. The predicted molar refractivity (Wildman–Crippen MR) is 244 cm³/mol. The molecule has 2 fully saturated rings. The number of carbonyl (C=O) groups is 1. The maximum absolute atomic E-state index is 16.8. The molecule has 5 rings (SSSR count). The van der Waals surface area contributed by atoms with E-state index in [0.29, 0.717) is 6.42 Å². The number of H-pyrrole nitrogens is 1. The van der Waals surface area contributed by atoms with Crippen molar-refractivity contribution >= 4 is 30.7 Å². The number of aromatic amines is 1. The third-order valence-electron chi connectivity index (χ3n) is 12.2. The lowest BCUT2D eigenvalue weighted by molar-refractivity contribution is -0.235. The minimum atomic E-state index is -5.10. The second-order valence-electron chi connectivity index (χ2n) is 18.1. The minimum Gasteiger partial charge on any atom is -0.756 e. The molecule has 0 bridgehead atoms. The van der Waals surface area contributed by atoms with Gasteiger partial charge in [-0.1, -0.05) is 96.8 Å². The normalized spacial score (nSPS) is 24.2. The van der Waals surface area contributed by atoms with Crippen LogP contribution >= 0.6 is 7.82 Å². The van der Waals surface area contributed by atoms with Crippen LogP contribution in [-0.2, 0) is 37.4 Å². The number of imidazole rings is 1. The number of fused-ring (bicyclic) bond motifs is 1. The lowest BCUT2D eigenvalue weighted by atomic mass is 9.93. The van der Waals surface area contributed by atoms with E-state index in [9.17, 15) is 23.8 Å². The number of unbranched alkanes of at least 4 members (excludes halogenated alkanes) is 14. The molecule has 1 amide bonds. The van der Waals surface area contributed by atoms with Crippen LogP contribution < -0.4 is 21.9 Å². The third-order valence-corrected chi connectivity index (χ3v) is 13.4. The molecule has 0 spiro atoms. The van der Waals surface area contributed by atoms with E-state index in [4.69, 9.17) is 33.7 Å². The molecule has 9 atom stereocenters. The first-order valence-electron chi connectivity index (χ1n) is 23.9. The second-order valence-corrected chi connectivity index (χ2v) is 19.4. The van der Waals surface area contributed by atoms with Crippen molar-refractivity contribution in [2.75, 3.05) is 32.5 Å². The van der Waals surface area contributed by atoms with Gasteiger partial charge in [-0.2, -0.15) is 0 Å². The Kier molecular flexibility index (Phi) is 21.2. The van der Waals surface area contributed by atoms with Crippen molar-refractivity contribution in [3.63, 3.8) is 0 Å². The predicted octanol–water partition coefficient (Wildman–Crippen LogP) is 6.52. The minimum absolute atomic E-state index is 0.0567. The monoisotopic (exact) mass is 952 g/mol. The lowest BCUT2D eigenvalue weighted by Gasteiger charge is -2.33. The maximum Gasteiger partial charge on any atom is 0.330 e. The van der Waals surface area contributed by atoms with Crippen molar-refractivity contribution in [2.24, 2.45) is 5.92 Å². The zero-order valence-corrected chi connectivity index (χ0v) is 40.5. The number of amides is 1. The number of methoxy groups -OCH3 is 1. The SMILES string of the molecule is CCCCCCCCCCCCCCCCCN(C[C@H]1O[C@@H](n2cnc3c(N)ncnc32)[C@H](F)[C@@H]1OP(=O)([O-])OC(C)C)C(=O)C[C@H]1[C@@H](OC)[C@H](n2ccc(=O)[nH]c2=O)O[C@@H]1COC(C)C. The van der Waals surface area contributed by atoms with Crippen molar-refractivity contribution in [2.45, 2.75) is 193 Å². The van der Waals surface area contributed by atoms with Crippen molar-refractivity contribution in [1.29, 1.82) is 0 Å². The van der Waals surface area contributed by atoms with E-state index in [1.807, 2.05) is 13.8 Å². The number of aromatic nitrogens is 6. The van der Waals surface area contributed by atoms with E-state index in [2.05, 4.69) is 26.9 Å². The summed E-state index contributed by atoms with van der Waals surface area (Å²) < 4.78 is 67.6. The summed E-state index contributed by atoms with van der Waals surface area (Å²) in [7, 11) is -3.65. The van der Waals surface area contributed by atoms with Crippen LogP contribution in [0.5, 0.6) is 0 Å². The van der Waals surface area contributed by atoms with E-state index >= 15 is 4.39 Å². The number of hydrogen-bond donors (Lipinski definition) is 2. The first-order chi connectivity index (χ1) is 31.6. The van der Waals surface area contributed by atoms with Gasteiger partial charge in [0.15, 0.2) is 30.1 Å². The summed E-state index contributed by atoms with van der Waals surface area (Å²) in [6, 6.07) is 1.20. The van der Waals surface area contributed by atoms with Gasteiger partial charge >= 0.3 is 5.69 Å². The maximum atomic E-state index is 16.8. The number of phosphoric ester groups is 1. The van der Waals surface area contributed by atoms with Crippen molar-refractivity contribution in [3.05, 3.63) is 45.8 Å². The summed E-state index contributed by atoms with van der Waals surface area (Å²) in [5.41, 5.74) is 5.08. The standard InChI is InChI=1S/C45H74FN8O11P/c1-7-8-9-10-11-12-13-14-15-16-17-18-19-20-21-23-52(36(56)25-32-34(27-61-30(2)3)63-44(39(32)60-6)53-24-22-35(55)51-45(53)57)26-33-40(65-66(58,59)64-31(4)5)37(46)43(62-33)54-29-50-38-41(47)48-28-49-42(38)54/h22,24,28-34,37,39-40,43-44H,7-21,23,25-27H2,1-6H3,(H,58,59)(H2,47,48,49)(H,51,55,57)/p-1/t32-,33-,34-,37-,39-,40-,43-,44-/m1/s1. The van der Waals surface area contributed by atoms with E-state index in [-0.39, 0.29) is 55.1 Å². The molecule has 1 unspecified atom stereocenters. The molecule has 0 radical (unpaired) electrons. The fourth-order valence-electron chi connectivity index (χ4n) is 8.84. The number of phosphoric acid groups is 1. The molecular formula is C45H73FN8O11P-. The quantitative estimate of drug-likeness (QED) is 0.0534. The average Bonchev–Trinajstić information content (AvgIpc) is 3.93. The van der Waals surface area contributed by atoms with Crippen LogP contribution in [-0.4, -0.2) is 109 Å². The molecule has 2 aliphatic rings. The Morgan fingerprint density at radius 3 is 2.11 bits per heavy atom. The number of alkyl halides is 1. The highest BCUT2D eigenvalue weighted by Gasteiger charge is 2.51. The first-order valence-corrected chi connectivity index (χ1v) is 25.4. The highest BCUT2D eigenvalue weighted by atomic mass is 31.2. The Morgan fingerprint density at radius 2 is 1.52 bits per heavy atom. The van der Waals surface area contributed by atoms with E-state index in [0.717, 1.165) is 25.7 Å². The van der Waals surface area contributed by atoms with Crippen molar-refractivity contribution in [1.82, 2.24) is 34.0 Å². The molecule has 5 heterocycles. The van der Waals surface area contributed by atoms with Crippen molar-refractivity contribution in [3.8, 4) is 0 Å². The Morgan fingerprint density at radius 1 is 0.894 bits per heavy atom. The third kappa shape index (κ3) is 15.2. The van der Waals surface area contributed by atoms with Crippen LogP contribution in [0.2, 0.25) is 0 Å². The summed E-state index contributed by atoms with van der Waals surface area (Å²) in [6.07, 6.45) is 10.8. The molecule has 0 saturated carbocycles. The number of halogens is 1. The highest BCUT2D eigenvalue weighted by Crippen LogP contribution is 2.47. The number of nitrogens with one attached hydrogen (secondary N) is 1. The number of nitrogen functional groups attached to an aromatic ring is 1.